The Balaban J connectivity index is 1.67. The minimum Gasteiger partial charge on any atom is -0.481 e. The highest BCUT2D eigenvalue weighted by Crippen LogP contribution is 2.34. The molecule has 27 heavy (non-hydrogen) atoms. The zero-order valence-corrected chi connectivity index (χ0v) is 15.6. The van der Waals surface area contributed by atoms with Gasteiger partial charge in [0.15, 0.2) is 0 Å². The molecule has 3 rings (SSSR count). The standard InChI is InChI=1S/C22H26N2O3/c1-24-12-6-11-19(21(24)17-8-3-2-4-9-17)15-23-22(27)18-10-5-7-16(13-18)14-20(25)26/h2-5,7-10,13,19,21H,6,11-12,14-15H2,1H3,(H,23,27)(H,25,26)/t19-,21-/m1/s1. The number of hydrogen-bond donors (Lipinski definition) is 2. The Hall–Kier alpha value is -2.66. The normalized spacial score (nSPS) is 20.2. The zero-order chi connectivity index (χ0) is 19.2. The van der Waals surface area contributed by atoms with Crippen molar-refractivity contribution >= 4 is 11.9 Å². The molecule has 0 unspecified atom stereocenters. The molecule has 0 spiro atoms. The van der Waals surface area contributed by atoms with Crippen LogP contribution in [-0.2, 0) is 11.2 Å². The third-order valence-corrected chi connectivity index (χ3v) is 5.22. The largest absolute Gasteiger partial charge is 0.481 e. The predicted octanol–water partition coefficient (Wildman–Crippen LogP) is 3.13. The Morgan fingerprint density at radius 1 is 1.15 bits per heavy atom. The van der Waals surface area contributed by atoms with Crippen LogP contribution in [0.15, 0.2) is 54.6 Å². The van der Waals surface area contributed by atoms with E-state index in [0.29, 0.717) is 29.6 Å². The number of aliphatic carboxylic acids is 1. The maximum absolute atomic E-state index is 12.6. The molecular formula is C22H26N2O3. The summed E-state index contributed by atoms with van der Waals surface area (Å²) in [7, 11) is 2.14. The lowest BCUT2D eigenvalue weighted by Gasteiger charge is -2.39. The van der Waals surface area contributed by atoms with Gasteiger partial charge in [-0.3, -0.25) is 14.5 Å². The first-order valence-corrected chi connectivity index (χ1v) is 9.38. The smallest absolute Gasteiger partial charge is 0.307 e. The highest BCUT2D eigenvalue weighted by atomic mass is 16.4. The maximum Gasteiger partial charge on any atom is 0.307 e. The first-order chi connectivity index (χ1) is 13.0. The number of nitrogens with one attached hydrogen (secondary N) is 1. The van der Waals surface area contributed by atoms with Crippen molar-refractivity contribution in [2.24, 2.45) is 5.92 Å². The molecule has 0 bridgehead atoms. The monoisotopic (exact) mass is 366 g/mol. The summed E-state index contributed by atoms with van der Waals surface area (Å²) in [5, 5.41) is 12.0. The Labute approximate surface area is 160 Å². The fourth-order valence-electron chi connectivity index (χ4n) is 3.97. The van der Waals surface area contributed by atoms with E-state index >= 15 is 0 Å². The second-order valence-electron chi connectivity index (χ2n) is 7.22. The number of nitrogens with zero attached hydrogens (tertiary/aromatic N) is 1. The Kier molecular flexibility index (Phi) is 6.24. The summed E-state index contributed by atoms with van der Waals surface area (Å²) in [6.07, 6.45) is 2.11. The molecule has 5 nitrogen and oxygen atoms in total. The van der Waals surface area contributed by atoms with Crippen molar-refractivity contribution in [2.45, 2.75) is 25.3 Å². The third kappa shape index (κ3) is 4.95. The van der Waals surface area contributed by atoms with Crippen LogP contribution in [0, 0.1) is 5.92 Å². The van der Waals surface area contributed by atoms with Crippen LogP contribution in [0.5, 0.6) is 0 Å². The molecule has 5 heteroatoms. The SMILES string of the molecule is CN1CCC[C@H](CNC(=O)c2cccc(CC(=O)O)c2)[C@H]1c1ccccc1. The van der Waals surface area contributed by atoms with E-state index in [4.69, 9.17) is 5.11 Å². The quantitative estimate of drug-likeness (QED) is 0.824. The second kappa shape index (κ2) is 8.82. The lowest BCUT2D eigenvalue weighted by Crippen LogP contribution is -2.41. The summed E-state index contributed by atoms with van der Waals surface area (Å²) in [5.41, 5.74) is 2.42. The van der Waals surface area contributed by atoms with Crippen LogP contribution in [0.25, 0.3) is 0 Å². The number of benzene rings is 2. The molecule has 1 fully saturated rings. The van der Waals surface area contributed by atoms with Gasteiger partial charge in [-0.25, -0.2) is 0 Å². The van der Waals surface area contributed by atoms with Gasteiger partial charge in [0.2, 0.25) is 0 Å². The van der Waals surface area contributed by atoms with Crippen molar-refractivity contribution in [3.63, 3.8) is 0 Å². The van der Waals surface area contributed by atoms with Crippen molar-refractivity contribution in [3.8, 4) is 0 Å². The number of amides is 1. The number of carboxylic acids is 1. The summed E-state index contributed by atoms with van der Waals surface area (Å²) in [4.78, 5) is 25.8. The van der Waals surface area contributed by atoms with Crippen LogP contribution in [-0.4, -0.2) is 42.0 Å². The molecule has 0 saturated carbocycles. The number of likely N-dealkylation sites (tertiary alicyclic amines) is 1. The average molecular weight is 366 g/mol. The molecule has 2 aromatic rings. The van der Waals surface area contributed by atoms with Gasteiger partial charge >= 0.3 is 5.97 Å². The number of carboxylic acid groups (broad SMARTS) is 1. The first-order valence-electron chi connectivity index (χ1n) is 9.38. The number of carbonyl (C=O) groups is 2. The molecule has 142 valence electrons. The molecule has 0 aromatic heterocycles. The molecular weight excluding hydrogens is 340 g/mol. The predicted molar refractivity (Wildman–Crippen MR) is 105 cm³/mol. The fraction of sp³-hybridized carbons (Fsp3) is 0.364. The Bertz CT molecular complexity index is 791. The van der Waals surface area contributed by atoms with E-state index in [1.54, 1.807) is 24.3 Å². The summed E-state index contributed by atoms with van der Waals surface area (Å²) >= 11 is 0. The van der Waals surface area contributed by atoms with Gasteiger partial charge in [0.1, 0.15) is 0 Å². The van der Waals surface area contributed by atoms with Crippen molar-refractivity contribution < 1.29 is 14.7 Å². The molecule has 2 N–H and O–H groups in total. The summed E-state index contributed by atoms with van der Waals surface area (Å²) in [5.74, 6) is -0.705. The molecule has 1 saturated heterocycles. The highest BCUT2D eigenvalue weighted by Gasteiger charge is 2.30. The van der Waals surface area contributed by atoms with Crippen molar-refractivity contribution in [1.82, 2.24) is 10.2 Å². The van der Waals surface area contributed by atoms with Gasteiger partial charge < -0.3 is 10.4 Å². The topological polar surface area (TPSA) is 69.6 Å². The minimum absolute atomic E-state index is 0.0787. The van der Waals surface area contributed by atoms with E-state index in [-0.39, 0.29) is 12.3 Å². The zero-order valence-electron chi connectivity index (χ0n) is 15.6. The van der Waals surface area contributed by atoms with E-state index in [2.05, 4.69) is 41.5 Å². The molecule has 0 radical (unpaired) electrons. The molecule has 2 aromatic carbocycles. The molecule has 1 amide bonds. The van der Waals surface area contributed by atoms with E-state index < -0.39 is 5.97 Å². The van der Waals surface area contributed by atoms with Gasteiger partial charge in [-0.1, -0.05) is 42.5 Å². The fourth-order valence-corrected chi connectivity index (χ4v) is 3.97. The summed E-state index contributed by atoms with van der Waals surface area (Å²) < 4.78 is 0. The van der Waals surface area contributed by atoms with Crippen LogP contribution >= 0.6 is 0 Å². The second-order valence-corrected chi connectivity index (χ2v) is 7.22. The van der Waals surface area contributed by atoms with Crippen LogP contribution in [0.2, 0.25) is 0 Å². The van der Waals surface area contributed by atoms with Gasteiger partial charge in [0, 0.05) is 18.2 Å². The molecule has 1 aliphatic heterocycles. The lowest BCUT2D eigenvalue weighted by molar-refractivity contribution is -0.136. The van der Waals surface area contributed by atoms with Gasteiger partial charge in [0.05, 0.1) is 6.42 Å². The number of hydrogen-bond acceptors (Lipinski definition) is 3. The van der Waals surface area contributed by atoms with E-state index in [1.807, 2.05) is 6.07 Å². The highest BCUT2D eigenvalue weighted by molar-refractivity contribution is 5.94. The van der Waals surface area contributed by atoms with Crippen molar-refractivity contribution in [2.75, 3.05) is 20.1 Å². The number of rotatable bonds is 6. The van der Waals surface area contributed by atoms with Crippen molar-refractivity contribution in [1.29, 1.82) is 0 Å². The third-order valence-electron chi connectivity index (χ3n) is 5.22. The van der Waals surface area contributed by atoms with Crippen LogP contribution in [0.1, 0.15) is 40.4 Å². The summed E-state index contributed by atoms with van der Waals surface area (Å²) in [6.45, 7) is 1.66. The molecule has 1 heterocycles. The Morgan fingerprint density at radius 2 is 1.93 bits per heavy atom. The van der Waals surface area contributed by atoms with E-state index in [1.165, 1.54) is 5.56 Å². The first kappa shape index (κ1) is 19.1. The van der Waals surface area contributed by atoms with E-state index in [0.717, 1.165) is 19.4 Å². The lowest BCUT2D eigenvalue weighted by atomic mass is 9.85. The molecule has 1 aliphatic rings. The Morgan fingerprint density at radius 3 is 2.67 bits per heavy atom. The van der Waals surface area contributed by atoms with Gasteiger partial charge in [-0.15, -0.1) is 0 Å². The van der Waals surface area contributed by atoms with Crippen LogP contribution < -0.4 is 5.32 Å². The van der Waals surface area contributed by atoms with Crippen LogP contribution in [0.4, 0.5) is 0 Å². The average Bonchev–Trinajstić information content (AvgIpc) is 2.66. The van der Waals surface area contributed by atoms with Gasteiger partial charge in [-0.2, -0.15) is 0 Å². The maximum atomic E-state index is 12.6. The molecule has 2 atom stereocenters. The number of piperidine rings is 1. The number of carbonyl (C=O) groups excluding carboxylic acids is 1. The van der Waals surface area contributed by atoms with Gasteiger partial charge in [0.25, 0.3) is 5.91 Å². The van der Waals surface area contributed by atoms with Crippen LogP contribution in [0.3, 0.4) is 0 Å². The minimum atomic E-state index is -0.900. The summed E-state index contributed by atoms with van der Waals surface area (Å²) in [6, 6.07) is 17.6. The van der Waals surface area contributed by atoms with Gasteiger partial charge in [-0.05, 0) is 55.6 Å². The molecule has 0 aliphatic carbocycles. The van der Waals surface area contributed by atoms with E-state index in [9.17, 15) is 9.59 Å². The van der Waals surface area contributed by atoms with Crippen molar-refractivity contribution in [3.05, 3.63) is 71.3 Å².